The van der Waals surface area contributed by atoms with Gasteiger partial charge >= 0.3 is 0 Å². The number of likely N-dealkylation sites (N-methyl/N-ethyl adjacent to an activating group) is 1. The lowest BCUT2D eigenvalue weighted by molar-refractivity contribution is -1.02. The van der Waals surface area contributed by atoms with Crippen LogP contribution in [-0.2, 0) is 0 Å². The number of hydrogen-bond donors (Lipinski definition) is 3. The number of ether oxygens (including phenoxy) is 1. The predicted molar refractivity (Wildman–Crippen MR) is 127 cm³/mol. The third kappa shape index (κ3) is 3.64. The molecule has 5 nitrogen and oxygen atoms in total. The molecule has 0 saturated carbocycles. The first-order valence-electron chi connectivity index (χ1n) is 11.3. The molecular weight excluding hydrogens is 398 g/mol. The Morgan fingerprint density at radius 1 is 0.875 bits per heavy atom. The standard InChI is InChI=1S/C27H29N3O2/c1-28-15-17-29(18-16-28)26(21-11-8-12-22(19-21)32-2)25-23-13-6-7-14-24(23)30(31)27(25)20-9-4-3-5-10-20/h3-14,19,26,31H,15-18H2,1-2H3/p+2/t26-/m1/s1. The maximum absolute atomic E-state index is 11.3. The van der Waals surface area contributed by atoms with E-state index in [0.29, 0.717) is 0 Å². The number of benzene rings is 3. The van der Waals surface area contributed by atoms with Crippen molar-refractivity contribution in [2.24, 2.45) is 0 Å². The molecule has 1 aliphatic heterocycles. The first-order chi connectivity index (χ1) is 15.7. The van der Waals surface area contributed by atoms with Gasteiger partial charge in [0.15, 0.2) is 0 Å². The zero-order chi connectivity index (χ0) is 22.1. The van der Waals surface area contributed by atoms with E-state index >= 15 is 0 Å². The monoisotopic (exact) mass is 429 g/mol. The van der Waals surface area contributed by atoms with Crippen LogP contribution < -0.4 is 14.5 Å². The largest absolute Gasteiger partial charge is 0.497 e. The van der Waals surface area contributed by atoms with Crippen molar-refractivity contribution in [2.45, 2.75) is 6.04 Å². The molecule has 0 amide bonds. The minimum atomic E-state index is 0.0895. The van der Waals surface area contributed by atoms with E-state index < -0.39 is 0 Å². The maximum Gasteiger partial charge on any atom is 0.142 e. The summed E-state index contributed by atoms with van der Waals surface area (Å²) in [7, 11) is 3.99. The molecule has 2 heterocycles. The molecule has 0 spiro atoms. The molecular formula is C27H31N3O2+2. The number of nitrogens with zero attached hydrogens (tertiary/aromatic N) is 1. The Morgan fingerprint density at radius 2 is 1.59 bits per heavy atom. The molecule has 32 heavy (non-hydrogen) atoms. The van der Waals surface area contributed by atoms with Gasteiger partial charge in [-0.1, -0.05) is 60.7 Å². The summed E-state index contributed by atoms with van der Waals surface area (Å²) in [5.41, 5.74) is 5.13. The van der Waals surface area contributed by atoms with E-state index in [4.69, 9.17) is 4.74 Å². The topological polar surface area (TPSA) is 43.3 Å². The maximum atomic E-state index is 11.3. The average Bonchev–Trinajstić information content (AvgIpc) is 3.13. The molecule has 1 aromatic heterocycles. The summed E-state index contributed by atoms with van der Waals surface area (Å²) in [6, 6.07) is 26.9. The van der Waals surface area contributed by atoms with Gasteiger partial charge in [0.25, 0.3) is 0 Å². The van der Waals surface area contributed by atoms with E-state index in [2.05, 4.69) is 49.5 Å². The highest BCUT2D eigenvalue weighted by molar-refractivity contribution is 5.92. The van der Waals surface area contributed by atoms with E-state index in [9.17, 15) is 5.21 Å². The van der Waals surface area contributed by atoms with Crippen LogP contribution in [0.1, 0.15) is 17.2 Å². The van der Waals surface area contributed by atoms with Crippen molar-refractivity contribution in [2.75, 3.05) is 40.3 Å². The number of para-hydroxylation sites is 1. The van der Waals surface area contributed by atoms with Gasteiger partial charge in [-0.15, -0.1) is 0 Å². The van der Waals surface area contributed by atoms with Gasteiger partial charge in [-0.25, -0.2) is 0 Å². The highest BCUT2D eigenvalue weighted by atomic mass is 16.5. The highest BCUT2D eigenvalue weighted by Crippen LogP contribution is 2.38. The Balaban J connectivity index is 1.78. The number of rotatable bonds is 5. The summed E-state index contributed by atoms with van der Waals surface area (Å²) in [5.74, 6) is 0.862. The average molecular weight is 430 g/mol. The van der Waals surface area contributed by atoms with Crippen LogP contribution in [0.2, 0.25) is 0 Å². The van der Waals surface area contributed by atoms with Crippen LogP contribution >= 0.6 is 0 Å². The molecule has 4 aromatic rings. The van der Waals surface area contributed by atoms with Gasteiger partial charge in [-0.2, -0.15) is 4.73 Å². The molecule has 0 aliphatic carbocycles. The molecule has 1 saturated heterocycles. The van der Waals surface area contributed by atoms with Crippen LogP contribution in [0.5, 0.6) is 5.75 Å². The third-order valence-corrected chi connectivity index (χ3v) is 6.81. The molecule has 0 radical (unpaired) electrons. The second kappa shape index (κ2) is 8.69. The van der Waals surface area contributed by atoms with Crippen molar-refractivity contribution in [1.82, 2.24) is 4.73 Å². The van der Waals surface area contributed by atoms with E-state index in [1.54, 1.807) is 12.0 Å². The van der Waals surface area contributed by atoms with Crippen molar-refractivity contribution in [3.05, 3.63) is 90.0 Å². The first kappa shape index (κ1) is 20.6. The Labute approximate surface area is 189 Å². The molecule has 3 N–H and O–H groups in total. The van der Waals surface area contributed by atoms with Crippen LogP contribution in [0.25, 0.3) is 22.2 Å². The van der Waals surface area contributed by atoms with Crippen LogP contribution in [0.4, 0.5) is 0 Å². The van der Waals surface area contributed by atoms with Gasteiger partial charge in [0.1, 0.15) is 38.0 Å². The number of hydrogen-bond acceptors (Lipinski definition) is 2. The van der Waals surface area contributed by atoms with Gasteiger partial charge in [0, 0.05) is 16.5 Å². The predicted octanol–water partition coefficient (Wildman–Crippen LogP) is 2.06. The van der Waals surface area contributed by atoms with Crippen LogP contribution in [0, 0.1) is 0 Å². The number of fused-ring (bicyclic) bond motifs is 1. The molecule has 1 aliphatic rings. The van der Waals surface area contributed by atoms with Crippen LogP contribution in [0.3, 0.4) is 0 Å². The van der Waals surface area contributed by atoms with Gasteiger partial charge < -0.3 is 19.7 Å². The summed E-state index contributed by atoms with van der Waals surface area (Å²) in [4.78, 5) is 3.10. The molecule has 0 unspecified atom stereocenters. The van der Waals surface area contributed by atoms with Crippen molar-refractivity contribution in [1.29, 1.82) is 0 Å². The van der Waals surface area contributed by atoms with Gasteiger partial charge in [0.2, 0.25) is 0 Å². The Morgan fingerprint density at radius 3 is 2.34 bits per heavy atom. The molecule has 164 valence electrons. The van der Waals surface area contributed by atoms with Crippen molar-refractivity contribution in [3.8, 4) is 17.0 Å². The number of piperazine rings is 1. The SMILES string of the molecule is COc1cccc([C@H](c2c(-c3ccccc3)n(O)c3ccccc23)[NH+]2CC[NH+](C)CC2)c1. The second-order valence-electron chi connectivity index (χ2n) is 8.78. The molecule has 5 heteroatoms. The molecule has 1 atom stereocenters. The van der Waals surface area contributed by atoms with Crippen LogP contribution in [-0.4, -0.2) is 50.3 Å². The number of quaternary nitrogens is 2. The van der Waals surface area contributed by atoms with Crippen molar-refractivity contribution >= 4 is 10.9 Å². The highest BCUT2D eigenvalue weighted by Gasteiger charge is 2.36. The van der Waals surface area contributed by atoms with Crippen molar-refractivity contribution in [3.63, 3.8) is 0 Å². The zero-order valence-electron chi connectivity index (χ0n) is 18.7. The summed E-state index contributed by atoms with van der Waals surface area (Å²) in [5, 5.41) is 12.4. The zero-order valence-corrected chi connectivity index (χ0v) is 18.7. The lowest BCUT2D eigenvalue weighted by atomic mass is 9.91. The lowest BCUT2D eigenvalue weighted by Crippen LogP contribution is -3.27. The van der Waals surface area contributed by atoms with E-state index in [1.807, 2.05) is 36.4 Å². The molecule has 5 rings (SSSR count). The minimum absolute atomic E-state index is 0.0895. The number of methoxy groups -OCH3 is 1. The fraction of sp³-hybridized carbons (Fsp3) is 0.259. The Kier molecular flexibility index (Phi) is 5.60. The lowest BCUT2D eigenvalue weighted by Gasteiger charge is -2.34. The summed E-state index contributed by atoms with van der Waals surface area (Å²) in [6.45, 7) is 4.42. The second-order valence-corrected chi connectivity index (χ2v) is 8.78. The Hall–Kier alpha value is -3.28. The van der Waals surface area contributed by atoms with E-state index in [-0.39, 0.29) is 6.04 Å². The fourth-order valence-corrected chi connectivity index (χ4v) is 5.13. The van der Waals surface area contributed by atoms with Gasteiger partial charge in [-0.3, -0.25) is 0 Å². The normalized spacial score (nSPS) is 19.7. The quantitative estimate of drug-likeness (QED) is 0.425. The van der Waals surface area contributed by atoms with Crippen LogP contribution in [0.15, 0.2) is 78.9 Å². The first-order valence-corrected chi connectivity index (χ1v) is 11.3. The van der Waals surface area contributed by atoms with Crippen molar-refractivity contribution < 1.29 is 19.7 Å². The smallest absolute Gasteiger partial charge is 0.142 e. The number of aromatic nitrogens is 1. The van der Waals surface area contributed by atoms with E-state index in [1.165, 1.54) is 20.8 Å². The summed E-state index contributed by atoms with van der Waals surface area (Å²) in [6.07, 6.45) is 0. The third-order valence-electron chi connectivity index (χ3n) is 6.81. The summed E-state index contributed by atoms with van der Waals surface area (Å²) < 4.78 is 6.97. The molecule has 1 fully saturated rings. The summed E-state index contributed by atoms with van der Waals surface area (Å²) >= 11 is 0. The van der Waals surface area contributed by atoms with Gasteiger partial charge in [0.05, 0.1) is 30.9 Å². The molecule has 0 bridgehead atoms. The van der Waals surface area contributed by atoms with E-state index in [0.717, 1.165) is 54.1 Å². The minimum Gasteiger partial charge on any atom is -0.497 e. The number of nitrogens with one attached hydrogen (secondary N) is 2. The molecule has 3 aromatic carbocycles. The Bertz CT molecular complexity index is 1210. The fourth-order valence-electron chi connectivity index (χ4n) is 5.13. The van der Waals surface area contributed by atoms with Gasteiger partial charge in [-0.05, 0) is 18.2 Å².